The summed E-state index contributed by atoms with van der Waals surface area (Å²) in [6, 6.07) is 1.63. The number of amides is 4. The molecule has 1 aromatic rings. The number of carbonyl (C=O) groups excluding carboxylic acids is 4. The molecular formula is C20H30N6O6. The van der Waals surface area contributed by atoms with E-state index in [1.807, 2.05) is 0 Å². The number of nitrogens with one attached hydrogen (secondary N) is 4. The van der Waals surface area contributed by atoms with E-state index in [1.165, 1.54) is 45.0 Å². The van der Waals surface area contributed by atoms with Gasteiger partial charge in [-0.25, -0.2) is 0 Å². The number of nitrogens with zero attached hydrogens (tertiary/aromatic N) is 1. The van der Waals surface area contributed by atoms with Crippen molar-refractivity contribution in [2.45, 2.75) is 58.8 Å². The lowest BCUT2D eigenvalue weighted by molar-refractivity contribution is -0.384. The topological polar surface area (TPSA) is 186 Å². The van der Waals surface area contributed by atoms with Crippen molar-refractivity contribution in [3.05, 3.63) is 34.4 Å². The van der Waals surface area contributed by atoms with Gasteiger partial charge in [0.05, 0.1) is 11.0 Å². The lowest BCUT2D eigenvalue weighted by atomic mass is 10.0. The molecule has 0 aromatic heterocycles. The average molecular weight is 450 g/mol. The number of benzene rings is 1. The predicted molar refractivity (Wildman–Crippen MR) is 117 cm³/mol. The van der Waals surface area contributed by atoms with Gasteiger partial charge in [-0.15, -0.1) is 0 Å². The summed E-state index contributed by atoms with van der Waals surface area (Å²) in [7, 11) is 0. The van der Waals surface area contributed by atoms with Crippen LogP contribution in [0.1, 0.15) is 34.6 Å². The molecule has 0 heterocycles. The molecule has 12 heteroatoms. The second-order valence-electron chi connectivity index (χ2n) is 7.77. The number of anilines is 1. The number of hydrogen-bond donors (Lipinski definition) is 5. The quantitative estimate of drug-likeness (QED) is 0.246. The van der Waals surface area contributed by atoms with Crippen molar-refractivity contribution < 1.29 is 24.1 Å². The summed E-state index contributed by atoms with van der Waals surface area (Å²) >= 11 is 0. The van der Waals surface area contributed by atoms with Crippen molar-refractivity contribution in [1.82, 2.24) is 16.0 Å². The van der Waals surface area contributed by atoms with Crippen LogP contribution in [0.5, 0.6) is 0 Å². The lowest BCUT2D eigenvalue weighted by Gasteiger charge is -2.25. The predicted octanol–water partition coefficient (Wildman–Crippen LogP) is 0.0307. The van der Waals surface area contributed by atoms with Crippen molar-refractivity contribution in [2.75, 3.05) is 5.32 Å². The zero-order chi connectivity index (χ0) is 24.6. The van der Waals surface area contributed by atoms with Gasteiger partial charge < -0.3 is 27.0 Å². The van der Waals surface area contributed by atoms with Gasteiger partial charge in [0.1, 0.15) is 18.1 Å². The number of rotatable bonds is 10. The Balaban J connectivity index is 2.71. The van der Waals surface area contributed by atoms with Crippen molar-refractivity contribution >= 4 is 35.0 Å². The zero-order valence-corrected chi connectivity index (χ0v) is 18.7. The molecule has 0 spiro atoms. The van der Waals surface area contributed by atoms with Crippen molar-refractivity contribution in [3.8, 4) is 0 Å². The standard InChI is InChI=1S/C20H30N6O6/c1-10(2)16(25-19(29)13(5)22-17(27)11(3)21)20(30)23-12(4)18(28)24-14-6-8-15(9-7-14)26(31)32/h6-13,16H,21H2,1-5H3,(H,22,27)(H,23,30)(H,24,28)(H,25,29)/t11-,12+,13+,16-/m0/s1. The van der Waals surface area contributed by atoms with Crippen LogP contribution >= 0.6 is 0 Å². The van der Waals surface area contributed by atoms with Crippen LogP contribution in [0.15, 0.2) is 24.3 Å². The van der Waals surface area contributed by atoms with E-state index in [1.54, 1.807) is 13.8 Å². The zero-order valence-electron chi connectivity index (χ0n) is 18.7. The molecule has 0 aliphatic rings. The molecule has 0 radical (unpaired) electrons. The summed E-state index contributed by atoms with van der Waals surface area (Å²) < 4.78 is 0. The molecule has 0 saturated heterocycles. The van der Waals surface area contributed by atoms with Gasteiger partial charge in [0.25, 0.3) is 5.69 Å². The van der Waals surface area contributed by atoms with Gasteiger partial charge in [-0.2, -0.15) is 0 Å². The first-order valence-electron chi connectivity index (χ1n) is 10.1. The molecule has 12 nitrogen and oxygen atoms in total. The molecular weight excluding hydrogens is 420 g/mol. The molecule has 0 bridgehead atoms. The van der Waals surface area contributed by atoms with E-state index in [9.17, 15) is 29.3 Å². The van der Waals surface area contributed by atoms with Gasteiger partial charge in [-0.3, -0.25) is 29.3 Å². The highest BCUT2D eigenvalue weighted by Gasteiger charge is 2.29. The first kappa shape index (κ1) is 26.5. The SMILES string of the molecule is CC(C)[C@H](NC(=O)[C@@H](C)NC(=O)[C@H](C)N)C(=O)N[C@H](C)C(=O)Nc1ccc([N+](=O)[O-])cc1. The summed E-state index contributed by atoms with van der Waals surface area (Å²) in [5.74, 6) is -2.50. The van der Waals surface area contributed by atoms with Crippen LogP contribution in [0.2, 0.25) is 0 Å². The van der Waals surface area contributed by atoms with E-state index >= 15 is 0 Å². The highest BCUT2D eigenvalue weighted by atomic mass is 16.6. The molecule has 4 amide bonds. The number of nitrogens with two attached hydrogens (primary N) is 1. The van der Waals surface area contributed by atoms with Crippen LogP contribution in [0.25, 0.3) is 0 Å². The molecule has 1 aromatic carbocycles. The Morgan fingerprint density at radius 3 is 1.78 bits per heavy atom. The number of hydrogen-bond acceptors (Lipinski definition) is 7. The number of non-ortho nitro benzene ring substituents is 1. The molecule has 0 saturated carbocycles. The van der Waals surface area contributed by atoms with Crippen LogP contribution in [0.4, 0.5) is 11.4 Å². The van der Waals surface area contributed by atoms with Crippen LogP contribution in [-0.2, 0) is 19.2 Å². The Bertz CT molecular complexity index is 855. The minimum Gasteiger partial charge on any atom is -0.343 e. The van der Waals surface area contributed by atoms with Crippen LogP contribution in [0, 0.1) is 16.0 Å². The Labute approximate surface area is 185 Å². The van der Waals surface area contributed by atoms with Gasteiger partial charge in [0, 0.05) is 17.8 Å². The normalized spacial score (nSPS) is 14.5. The largest absolute Gasteiger partial charge is 0.343 e. The molecule has 0 unspecified atom stereocenters. The minimum absolute atomic E-state index is 0.119. The number of nitro groups is 1. The summed E-state index contributed by atoms with van der Waals surface area (Å²) in [5, 5.41) is 20.8. The van der Waals surface area contributed by atoms with E-state index in [2.05, 4.69) is 21.3 Å². The van der Waals surface area contributed by atoms with E-state index in [0.29, 0.717) is 5.69 Å². The highest BCUT2D eigenvalue weighted by molar-refractivity contribution is 5.98. The molecule has 176 valence electrons. The lowest BCUT2D eigenvalue weighted by Crippen LogP contribution is -2.57. The first-order valence-corrected chi connectivity index (χ1v) is 10.1. The summed E-state index contributed by atoms with van der Waals surface area (Å²) in [4.78, 5) is 59.2. The smallest absolute Gasteiger partial charge is 0.269 e. The summed E-state index contributed by atoms with van der Waals surface area (Å²) in [5.41, 5.74) is 5.67. The van der Waals surface area contributed by atoms with Crippen molar-refractivity contribution in [1.29, 1.82) is 0 Å². The van der Waals surface area contributed by atoms with Crippen molar-refractivity contribution in [2.24, 2.45) is 11.7 Å². The maximum absolute atomic E-state index is 12.7. The molecule has 6 N–H and O–H groups in total. The first-order chi connectivity index (χ1) is 14.8. The van der Waals surface area contributed by atoms with E-state index in [-0.39, 0.29) is 11.6 Å². The molecule has 1 rings (SSSR count). The second kappa shape index (κ2) is 11.7. The van der Waals surface area contributed by atoms with Crippen LogP contribution in [0.3, 0.4) is 0 Å². The summed E-state index contributed by atoms with van der Waals surface area (Å²) in [6.07, 6.45) is 0. The van der Waals surface area contributed by atoms with Crippen LogP contribution < -0.4 is 27.0 Å². The molecule has 0 aliphatic carbocycles. The monoisotopic (exact) mass is 450 g/mol. The number of nitro benzene ring substituents is 1. The molecule has 32 heavy (non-hydrogen) atoms. The highest BCUT2D eigenvalue weighted by Crippen LogP contribution is 2.15. The van der Waals surface area contributed by atoms with Gasteiger partial charge in [-0.05, 0) is 38.8 Å². The maximum Gasteiger partial charge on any atom is 0.269 e. The third-order valence-corrected chi connectivity index (χ3v) is 4.51. The van der Waals surface area contributed by atoms with Gasteiger partial charge >= 0.3 is 0 Å². The minimum atomic E-state index is -0.953. The van der Waals surface area contributed by atoms with Gasteiger partial charge in [0.2, 0.25) is 23.6 Å². The maximum atomic E-state index is 12.7. The number of carbonyl (C=O) groups is 4. The van der Waals surface area contributed by atoms with E-state index < -0.39 is 52.7 Å². The molecule has 0 fully saturated rings. The third-order valence-electron chi connectivity index (χ3n) is 4.51. The second-order valence-corrected chi connectivity index (χ2v) is 7.77. The van der Waals surface area contributed by atoms with Gasteiger partial charge in [-0.1, -0.05) is 13.8 Å². The fourth-order valence-corrected chi connectivity index (χ4v) is 2.51. The van der Waals surface area contributed by atoms with Crippen LogP contribution in [-0.4, -0.2) is 52.7 Å². The Hall–Kier alpha value is -3.54. The fourth-order valence-electron chi connectivity index (χ4n) is 2.51. The summed E-state index contributed by atoms with van der Waals surface area (Å²) in [6.45, 7) is 7.84. The van der Waals surface area contributed by atoms with E-state index in [4.69, 9.17) is 5.73 Å². The van der Waals surface area contributed by atoms with Gasteiger partial charge in [0.15, 0.2) is 0 Å². The third kappa shape index (κ3) is 7.95. The van der Waals surface area contributed by atoms with Crippen molar-refractivity contribution in [3.63, 3.8) is 0 Å². The fraction of sp³-hybridized carbons (Fsp3) is 0.500. The molecule has 0 aliphatic heterocycles. The van der Waals surface area contributed by atoms with E-state index in [0.717, 1.165) is 0 Å². The Kier molecular flexibility index (Phi) is 9.72. The average Bonchev–Trinajstić information content (AvgIpc) is 2.71. The Morgan fingerprint density at radius 1 is 0.812 bits per heavy atom. The Morgan fingerprint density at radius 2 is 1.31 bits per heavy atom. The molecule has 4 atom stereocenters.